The van der Waals surface area contributed by atoms with Crippen LogP contribution in [0, 0.1) is 5.82 Å². The Morgan fingerprint density at radius 2 is 2.14 bits per heavy atom. The lowest BCUT2D eigenvalue weighted by Gasteiger charge is -2.10. The van der Waals surface area contributed by atoms with Crippen LogP contribution in [0.15, 0.2) is 30.5 Å². The zero-order chi connectivity index (χ0) is 15.4. The lowest BCUT2D eigenvalue weighted by Crippen LogP contribution is -2.14. The van der Waals surface area contributed by atoms with Crippen LogP contribution in [0.3, 0.4) is 0 Å². The van der Waals surface area contributed by atoms with E-state index < -0.39 is 11.7 Å². The Labute approximate surface area is 126 Å². The fraction of sp³-hybridized carbons (Fsp3) is 0.143. The summed E-state index contributed by atoms with van der Waals surface area (Å²) in [5.74, 6) is -0.187. The van der Waals surface area contributed by atoms with Gasteiger partial charge in [0.1, 0.15) is 17.4 Å². The van der Waals surface area contributed by atoms with Crippen LogP contribution >= 0.6 is 11.6 Å². The van der Waals surface area contributed by atoms with Crippen molar-refractivity contribution in [2.75, 3.05) is 24.8 Å². The number of halogens is 2. The van der Waals surface area contributed by atoms with Crippen LogP contribution in [0.25, 0.3) is 0 Å². The summed E-state index contributed by atoms with van der Waals surface area (Å²) in [4.78, 5) is 16.2. The number of benzene rings is 1. The minimum Gasteiger partial charge on any atom is -0.497 e. The van der Waals surface area contributed by atoms with Crippen molar-refractivity contribution in [1.82, 2.24) is 4.98 Å². The topological polar surface area (TPSA) is 63.2 Å². The molecule has 5 nitrogen and oxygen atoms in total. The molecule has 1 heterocycles. The second kappa shape index (κ2) is 6.41. The van der Waals surface area contributed by atoms with Crippen LogP contribution < -0.4 is 15.4 Å². The van der Waals surface area contributed by atoms with E-state index in [1.165, 1.54) is 37.6 Å². The van der Waals surface area contributed by atoms with Crippen LogP contribution in [0.5, 0.6) is 5.75 Å². The van der Waals surface area contributed by atoms with Gasteiger partial charge in [0, 0.05) is 19.3 Å². The molecule has 2 rings (SSSR count). The minimum atomic E-state index is -0.567. The monoisotopic (exact) mass is 309 g/mol. The summed E-state index contributed by atoms with van der Waals surface area (Å²) >= 11 is 5.94. The molecule has 0 saturated carbocycles. The molecule has 0 unspecified atom stereocenters. The Hall–Kier alpha value is -2.34. The minimum absolute atomic E-state index is 0.0123. The van der Waals surface area contributed by atoms with Crippen LogP contribution in [0.4, 0.5) is 15.9 Å². The number of hydrogen-bond donors (Lipinski definition) is 2. The van der Waals surface area contributed by atoms with E-state index in [-0.39, 0.29) is 16.3 Å². The fourth-order valence-corrected chi connectivity index (χ4v) is 1.86. The van der Waals surface area contributed by atoms with Gasteiger partial charge in [0.2, 0.25) is 0 Å². The number of rotatable bonds is 4. The van der Waals surface area contributed by atoms with Crippen molar-refractivity contribution in [2.45, 2.75) is 0 Å². The molecule has 0 atom stereocenters. The first-order chi connectivity index (χ1) is 10.0. The van der Waals surface area contributed by atoms with Crippen molar-refractivity contribution in [3.63, 3.8) is 0 Å². The van der Waals surface area contributed by atoms with E-state index in [1.54, 1.807) is 7.05 Å². The van der Waals surface area contributed by atoms with E-state index in [4.69, 9.17) is 16.3 Å². The molecule has 21 heavy (non-hydrogen) atoms. The number of methoxy groups -OCH3 is 1. The first-order valence-corrected chi connectivity index (χ1v) is 6.41. The highest BCUT2D eigenvalue weighted by molar-refractivity contribution is 6.34. The second-order valence-corrected chi connectivity index (χ2v) is 4.51. The highest BCUT2D eigenvalue weighted by Gasteiger charge is 2.14. The maximum Gasteiger partial charge on any atom is 0.257 e. The van der Waals surface area contributed by atoms with Crippen molar-refractivity contribution >= 4 is 29.0 Å². The molecule has 7 heteroatoms. The Morgan fingerprint density at radius 1 is 1.38 bits per heavy atom. The number of carbonyl (C=O) groups is 1. The number of ether oxygens (including phenoxy) is 1. The predicted octanol–water partition coefficient (Wildman–Crippen LogP) is 3.18. The van der Waals surface area contributed by atoms with Crippen LogP contribution in [0.1, 0.15) is 10.4 Å². The SMILES string of the molecule is CNc1cc(C(=O)Nc2cc(OC)ccc2F)c(Cl)cn1. The number of nitrogens with one attached hydrogen (secondary N) is 2. The molecular weight excluding hydrogens is 297 g/mol. The molecule has 0 saturated heterocycles. The van der Waals surface area contributed by atoms with Gasteiger partial charge in [-0.3, -0.25) is 4.79 Å². The molecule has 0 aliphatic heterocycles. The number of carbonyl (C=O) groups excluding carboxylic acids is 1. The van der Waals surface area contributed by atoms with Crippen molar-refractivity contribution < 1.29 is 13.9 Å². The molecular formula is C14H13ClFN3O2. The van der Waals surface area contributed by atoms with Gasteiger partial charge in [0.25, 0.3) is 5.91 Å². The van der Waals surface area contributed by atoms with E-state index in [2.05, 4.69) is 15.6 Å². The number of hydrogen-bond acceptors (Lipinski definition) is 4. The highest BCUT2D eigenvalue weighted by Crippen LogP contribution is 2.24. The molecule has 1 aromatic heterocycles. The standard InChI is InChI=1S/C14H13ClFN3O2/c1-17-13-6-9(10(15)7-18-13)14(20)19-12-5-8(21-2)3-4-11(12)16/h3-7H,1-2H3,(H,17,18)(H,19,20). The summed E-state index contributed by atoms with van der Waals surface area (Å²) in [7, 11) is 3.12. The predicted molar refractivity (Wildman–Crippen MR) is 79.7 cm³/mol. The van der Waals surface area contributed by atoms with E-state index in [0.717, 1.165) is 0 Å². The van der Waals surface area contributed by atoms with E-state index in [0.29, 0.717) is 11.6 Å². The normalized spacial score (nSPS) is 10.1. The second-order valence-electron chi connectivity index (χ2n) is 4.10. The van der Waals surface area contributed by atoms with Gasteiger partial charge in [0.15, 0.2) is 0 Å². The molecule has 0 aliphatic rings. The van der Waals surface area contributed by atoms with Gasteiger partial charge in [-0.25, -0.2) is 9.37 Å². The largest absolute Gasteiger partial charge is 0.497 e. The first-order valence-electron chi connectivity index (χ1n) is 6.03. The maximum atomic E-state index is 13.7. The van der Waals surface area contributed by atoms with Crippen molar-refractivity contribution in [1.29, 1.82) is 0 Å². The van der Waals surface area contributed by atoms with Gasteiger partial charge in [-0.05, 0) is 18.2 Å². The third-order valence-corrected chi connectivity index (χ3v) is 3.08. The van der Waals surface area contributed by atoms with E-state index in [9.17, 15) is 9.18 Å². The van der Waals surface area contributed by atoms with Gasteiger partial charge in [-0.15, -0.1) is 0 Å². The summed E-state index contributed by atoms with van der Waals surface area (Å²) < 4.78 is 18.7. The molecule has 1 amide bonds. The Morgan fingerprint density at radius 3 is 2.81 bits per heavy atom. The lowest BCUT2D eigenvalue weighted by atomic mass is 10.2. The zero-order valence-electron chi connectivity index (χ0n) is 11.4. The third-order valence-electron chi connectivity index (χ3n) is 2.78. The molecule has 110 valence electrons. The van der Waals surface area contributed by atoms with Crippen LogP contribution in [-0.2, 0) is 0 Å². The van der Waals surface area contributed by atoms with Crippen molar-refractivity contribution in [3.8, 4) is 5.75 Å². The number of pyridine rings is 1. The van der Waals surface area contributed by atoms with Crippen molar-refractivity contribution in [3.05, 3.63) is 46.9 Å². The molecule has 0 aliphatic carbocycles. The summed E-state index contributed by atoms with van der Waals surface area (Å²) in [5, 5.41) is 5.43. The van der Waals surface area contributed by atoms with Gasteiger partial charge >= 0.3 is 0 Å². The molecule has 1 aromatic carbocycles. The number of aromatic nitrogens is 1. The van der Waals surface area contributed by atoms with Crippen LogP contribution in [-0.4, -0.2) is 25.0 Å². The smallest absolute Gasteiger partial charge is 0.257 e. The molecule has 0 bridgehead atoms. The highest BCUT2D eigenvalue weighted by atomic mass is 35.5. The third kappa shape index (κ3) is 3.41. The quantitative estimate of drug-likeness (QED) is 0.910. The van der Waals surface area contributed by atoms with E-state index in [1.807, 2.05) is 0 Å². The van der Waals surface area contributed by atoms with Gasteiger partial charge in [-0.1, -0.05) is 11.6 Å². The molecule has 0 spiro atoms. The fourth-order valence-electron chi connectivity index (χ4n) is 1.67. The zero-order valence-corrected chi connectivity index (χ0v) is 12.2. The molecule has 2 aromatic rings. The molecule has 2 N–H and O–H groups in total. The number of amides is 1. The Bertz CT molecular complexity index is 679. The number of anilines is 2. The first kappa shape index (κ1) is 15.1. The van der Waals surface area contributed by atoms with E-state index >= 15 is 0 Å². The van der Waals surface area contributed by atoms with Gasteiger partial charge in [-0.2, -0.15) is 0 Å². The van der Waals surface area contributed by atoms with Crippen LogP contribution in [0.2, 0.25) is 5.02 Å². The van der Waals surface area contributed by atoms with Gasteiger partial charge in [0.05, 0.1) is 23.4 Å². The maximum absolute atomic E-state index is 13.7. The van der Waals surface area contributed by atoms with Crippen molar-refractivity contribution in [2.24, 2.45) is 0 Å². The Balaban J connectivity index is 2.29. The summed E-state index contributed by atoms with van der Waals surface area (Å²) in [6.45, 7) is 0. The Kier molecular flexibility index (Phi) is 4.59. The van der Waals surface area contributed by atoms with Gasteiger partial charge < -0.3 is 15.4 Å². The summed E-state index contributed by atoms with van der Waals surface area (Å²) in [6, 6.07) is 5.54. The molecule has 0 fully saturated rings. The average molecular weight is 310 g/mol. The summed E-state index contributed by atoms with van der Waals surface area (Å²) in [5.41, 5.74) is 0.205. The summed E-state index contributed by atoms with van der Waals surface area (Å²) in [6.07, 6.45) is 1.35. The number of nitrogens with zero attached hydrogens (tertiary/aromatic N) is 1. The molecule has 0 radical (unpaired) electrons. The average Bonchev–Trinajstić information content (AvgIpc) is 2.49. The lowest BCUT2D eigenvalue weighted by molar-refractivity contribution is 0.102.